The Morgan fingerprint density at radius 1 is 1.45 bits per heavy atom. The Morgan fingerprint density at radius 3 is 2.75 bits per heavy atom. The van der Waals surface area contributed by atoms with Crippen LogP contribution < -0.4 is 10.9 Å². The predicted molar refractivity (Wildman–Crippen MR) is 67.4 cm³/mol. The fourth-order valence-corrected chi connectivity index (χ4v) is 1.44. The quantitative estimate of drug-likeness (QED) is 0.746. The molecule has 0 radical (unpaired) electrons. The molecule has 5 nitrogen and oxygen atoms in total. The second-order valence-corrected chi connectivity index (χ2v) is 4.64. The molecule has 1 rings (SSSR count). The minimum atomic E-state index is -4.34. The first-order valence-electron chi connectivity index (χ1n) is 6.23. The summed E-state index contributed by atoms with van der Waals surface area (Å²) in [6, 6.07) is 1.60. The number of alkyl halides is 3. The van der Waals surface area contributed by atoms with E-state index in [1.54, 1.807) is 0 Å². The van der Waals surface area contributed by atoms with E-state index in [4.69, 9.17) is 0 Å². The maximum absolute atomic E-state index is 11.9. The number of hydrogen-bond donors (Lipinski definition) is 2. The van der Waals surface area contributed by atoms with Crippen molar-refractivity contribution in [3.63, 3.8) is 0 Å². The molecule has 0 fully saturated rings. The molecule has 0 spiro atoms. The standard InChI is InChI=1S/C12H18F3N3O2/c1-8(2)16-6-9-5-11(19)18-10(17-9)3-4-20-7-12(13,14)15/h5,8,16H,3-4,6-7H2,1-2H3,(H,17,18,19). The van der Waals surface area contributed by atoms with Crippen LogP contribution >= 0.6 is 0 Å². The summed E-state index contributed by atoms with van der Waals surface area (Å²) < 4.78 is 40.1. The fraction of sp³-hybridized carbons (Fsp3) is 0.667. The Kier molecular flexibility index (Phi) is 6.15. The van der Waals surface area contributed by atoms with E-state index in [0.717, 1.165) is 0 Å². The Hall–Kier alpha value is -1.41. The van der Waals surface area contributed by atoms with Crippen LogP contribution in [0.2, 0.25) is 0 Å². The van der Waals surface area contributed by atoms with Crippen molar-refractivity contribution in [3.8, 4) is 0 Å². The van der Waals surface area contributed by atoms with Crippen LogP contribution in [-0.2, 0) is 17.7 Å². The number of nitrogens with zero attached hydrogens (tertiary/aromatic N) is 1. The topological polar surface area (TPSA) is 67.0 Å². The van der Waals surface area contributed by atoms with Crippen molar-refractivity contribution in [2.24, 2.45) is 0 Å². The zero-order valence-electron chi connectivity index (χ0n) is 11.4. The minimum absolute atomic E-state index is 0.126. The van der Waals surface area contributed by atoms with Crippen LogP contribution in [0.4, 0.5) is 13.2 Å². The van der Waals surface area contributed by atoms with Crippen LogP contribution in [0.5, 0.6) is 0 Å². The normalized spacial score (nSPS) is 12.1. The summed E-state index contributed by atoms with van der Waals surface area (Å²) in [7, 11) is 0. The zero-order valence-corrected chi connectivity index (χ0v) is 11.4. The average Bonchev–Trinajstić information content (AvgIpc) is 2.30. The molecule has 0 unspecified atom stereocenters. The third-order valence-electron chi connectivity index (χ3n) is 2.28. The molecule has 20 heavy (non-hydrogen) atoms. The molecule has 0 aliphatic rings. The molecule has 0 aromatic carbocycles. The third kappa shape index (κ3) is 7.25. The van der Waals surface area contributed by atoms with Crippen molar-refractivity contribution in [3.05, 3.63) is 27.9 Å². The molecule has 0 aliphatic heterocycles. The van der Waals surface area contributed by atoms with Crippen LogP contribution in [0.3, 0.4) is 0 Å². The van der Waals surface area contributed by atoms with E-state index in [2.05, 4.69) is 20.0 Å². The van der Waals surface area contributed by atoms with Crippen molar-refractivity contribution < 1.29 is 17.9 Å². The van der Waals surface area contributed by atoms with Gasteiger partial charge in [-0.25, -0.2) is 4.98 Å². The van der Waals surface area contributed by atoms with E-state index < -0.39 is 12.8 Å². The van der Waals surface area contributed by atoms with Crippen molar-refractivity contribution in [1.29, 1.82) is 0 Å². The number of aromatic amines is 1. The van der Waals surface area contributed by atoms with Crippen LogP contribution in [0, 0.1) is 0 Å². The van der Waals surface area contributed by atoms with Crippen molar-refractivity contribution >= 4 is 0 Å². The van der Waals surface area contributed by atoms with Crippen molar-refractivity contribution in [2.75, 3.05) is 13.2 Å². The van der Waals surface area contributed by atoms with E-state index in [-0.39, 0.29) is 24.6 Å². The largest absolute Gasteiger partial charge is 0.411 e. The Labute approximate surface area is 114 Å². The summed E-state index contributed by atoms with van der Waals surface area (Å²) in [4.78, 5) is 18.0. The molecule has 1 heterocycles. The minimum Gasteiger partial charge on any atom is -0.372 e. The van der Waals surface area contributed by atoms with E-state index in [1.165, 1.54) is 6.07 Å². The molecule has 0 saturated carbocycles. The first-order valence-corrected chi connectivity index (χ1v) is 6.23. The number of H-pyrrole nitrogens is 1. The van der Waals surface area contributed by atoms with Gasteiger partial charge in [-0.15, -0.1) is 0 Å². The van der Waals surface area contributed by atoms with Gasteiger partial charge >= 0.3 is 6.18 Å². The molecule has 0 atom stereocenters. The summed E-state index contributed by atoms with van der Waals surface area (Å²) >= 11 is 0. The van der Waals surface area contributed by atoms with Gasteiger partial charge in [-0.3, -0.25) is 4.79 Å². The highest BCUT2D eigenvalue weighted by Crippen LogP contribution is 2.14. The van der Waals surface area contributed by atoms with Gasteiger partial charge in [0.25, 0.3) is 5.56 Å². The number of hydrogen-bond acceptors (Lipinski definition) is 4. The van der Waals surface area contributed by atoms with Crippen LogP contribution in [0.15, 0.2) is 10.9 Å². The third-order valence-corrected chi connectivity index (χ3v) is 2.28. The number of nitrogens with one attached hydrogen (secondary N) is 2. The molecular formula is C12H18F3N3O2. The molecule has 2 N–H and O–H groups in total. The highest BCUT2D eigenvalue weighted by atomic mass is 19.4. The van der Waals surface area contributed by atoms with Gasteiger partial charge in [-0.1, -0.05) is 13.8 Å². The predicted octanol–water partition coefficient (Wildman–Crippen LogP) is 1.39. The highest BCUT2D eigenvalue weighted by Gasteiger charge is 2.27. The summed E-state index contributed by atoms with van der Waals surface area (Å²) in [5.41, 5.74) is 0.222. The molecule has 0 amide bonds. The lowest BCUT2D eigenvalue weighted by atomic mass is 10.3. The molecule has 0 bridgehead atoms. The summed E-state index contributed by atoms with van der Waals surface area (Å²) in [6.45, 7) is 2.89. The summed E-state index contributed by atoms with van der Waals surface area (Å²) in [6.07, 6.45) is -4.22. The lowest BCUT2D eigenvalue weighted by molar-refractivity contribution is -0.173. The molecule has 0 saturated heterocycles. The molecular weight excluding hydrogens is 275 g/mol. The summed E-state index contributed by atoms with van der Waals surface area (Å²) in [5.74, 6) is 0.320. The van der Waals surface area contributed by atoms with Gasteiger partial charge in [-0.2, -0.15) is 13.2 Å². The van der Waals surface area contributed by atoms with Gasteiger partial charge in [0, 0.05) is 25.1 Å². The molecule has 1 aromatic heterocycles. The summed E-state index contributed by atoms with van der Waals surface area (Å²) in [5, 5.41) is 3.11. The van der Waals surface area contributed by atoms with Gasteiger partial charge in [0.2, 0.25) is 0 Å². The zero-order chi connectivity index (χ0) is 15.2. The van der Waals surface area contributed by atoms with Crippen LogP contribution in [0.25, 0.3) is 0 Å². The molecule has 114 valence electrons. The number of aromatic nitrogens is 2. The maximum atomic E-state index is 11.9. The second-order valence-electron chi connectivity index (χ2n) is 4.64. The Bertz CT molecular complexity index is 472. The first kappa shape index (κ1) is 16.6. The van der Waals surface area contributed by atoms with Gasteiger partial charge in [-0.05, 0) is 0 Å². The van der Waals surface area contributed by atoms with Crippen LogP contribution in [0.1, 0.15) is 25.4 Å². The van der Waals surface area contributed by atoms with Crippen molar-refractivity contribution in [2.45, 2.75) is 39.0 Å². The second kappa shape index (κ2) is 7.39. The van der Waals surface area contributed by atoms with Crippen LogP contribution in [-0.4, -0.2) is 35.4 Å². The Morgan fingerprint density at radius 2 is 2.15 bits per heavy atom. The average molecular weight is 293 g/mol. The van der Waals surface area contributed by atoms with Crippen molar-refractivity contribution in [1.82, 2.24) is 15.3 Å². The van der Waals surface area contributed by atoms with Gasteiger partial charge < -0.3 is 15.0 Å². The van der Waals surface area contributed by atoms with Gasteiger partial charge in [0.1, 0.15) is 12.4 Å². The lowest BCUT2D eigenvalue weighted by Gasteiger charge is -2.09. The monoisotopic (exact) mass is 293 g/mol. The fourth-order valence-electron chi connectivity index (χ4n) is 1.44. The van der Waals surface area contributed by atoms with Gasteiger partial charge in [0.15, 0.2) is 0 Å². The first-order chi connectivity index (χ1) is 9.26. The molecule has 1 aromatic rings. The van der Waals surface area contributed by atoms with E-state index in [0.29, 0.717) is 18.1 Å². The van der Waals surface area contributed by atoms with E-state index in [1.807, 2.05) is 13.8 Å². The Balaban J connectivity index is 2.51. The van der Waals surface area contributed by atoms with E-state index in [9.17, 15) is 18.0 Å². The number of ether oxygens (including phenoxy) is 1. The molecule has 8 heteroatoms. The maximum Gasteiger partial charge on any atom is 0.411 e. The van der Waals surface area contributed by atoms with E-state index >= 15 is 0 Å². The highest BCUT2D eigenvalue weighted by molar-refractivity contribution is 5.03. The SMILES string of the molecule is CC(C)NCc1cc(=O)[nH]c(CCOCC(F)(F)F)n1. The molecule has 0 aliphatic carbocycles. The lowest BCUT2D eigenvalue weighted by Crippen LogP contribution is -2.25. The van der Waals surface area contributed by atoms with Gasteiger partial charge in [0.05, 0.1) is 12.3 Å². The number of rotatable bonds is 7. The number of halogens is 3. The smallest absolute Gasteiger partial charge is 0.372 e.